The van der Waals surface area contributed by atoms with Crippen molar-refractivity contribution in [3.8, 4) is 0 Å². The Labute approximate surface area is 75.4 Å². The predicted octanol–water partition coefficient (Wildman–Crippen LogP) is 2.67. The Morgan fingerprint density at radius 2 is 2.42 bits per heavy atom. The number of thioether (sulfide) groups is 1. The molecule has 2 nitrogen and oxygen atoms in total. The molecule has 3 heteroatoms. The molecule has 62 valence electrons. The van der Waals surface area contributed by atoms with Crippen LogP contribution in [0.25, 0.3) is 11.0 Å². The molecule has 0 amide bonds. The Bertz CT molecular complexity index is 381. The summed E-state index contributed by atoms with van der Waals surface area (Å²) in [6.07, 6.45) is 1.73. The minimum atomic E-state index is 1.04. The normalized spacial score (nSPS) is 10.8. The van der Waals surface area contributed by atoms with Crippen LogP contribution in [0, 0.1) is 0 Å². The first-order valence-electron chi connectivity index (χ1n) is 3.96. The zero-order chi connectivity index (χ0) is 8.39. The summed E-state index contributed by atoms with van der Waals surface area (Å²) in [5.41, 5.74) is 2.16. The maximum atomic E-state index is 4.16. The third-order valence-electron chi connectivity index (χ3n) is 1.70. The van der Waals surface area contributed by atoms with Gasteiger partial charge in [0.05, 0.1) is 17.4 Å². The number of fused-ring (bicyclic) bond motifs is 1. The standard InChI is InChI=1S/C9H10N2S/c1-2-12-7-3-4-8-9(5-7)11-6-10-8/h3-6H,2H2,1H3,(H,10,11). The lowest BCUT2D eigenvalue weighted by Gasteiger charge is -1.96. The van der Waals surface area contributed by atoms with E-state index in [1.54, 1.807) is 6.33 Å². The first kappa shape index (κ1) is 7.68. The molecular weight excluding hydrogens is 168 g/mol. The molecule has 0 fully saturated rings. The van der Waals surface area contributed by atoms with Crippen LogP contribution in [0.15, 0.2) is 29.4 Å². The van der Waals surface area contributed by atoms with Gasteiger partial charge >= 0.3 is 0 Å². The first-order valence-corrected chi connectivity index (χ1v) is 4.94. The van der Waals surface area contributed by atoms with Gasteiger partial charge in [-0.1, -0.05) is 6.92 Å². The second-order valence-corrected chi connectivity index (χ2v) is 3.85. The van der Waals surface area contributed by atoms with Gasteiger partial charge in [0.15, 0.2) is 0 Å². The van der Waals surface area contributed by atoms with Crippen molar-refractivity contribution in [3.63, 3.8) is 0 Å². The van der Waals surface area contributed by atoms with Gasteiger partial charge in [-0.2, -0.15) is 0 Å². The fourth-order valence-corrected chi connectivity index (χ4v) is 1.87. The van der Waals surface area contributed by atoms with Crippen LogP contribution in [-0.2, 0) is 0 Å². The number of hydrogen-bond donors (Lipinski definition) is 1. The summed E-state index contributed by atoms with van der Waals surface area (Å²) in [5, 5.41) is 0. The van der Waals surface area contributed by atoms with Gasteiger partial charge in [-0.15, -0.1) is 11.8 Å². The summed E-state index contributed by atoms with van der Waals surface area (Å²) < 4.78 is 0. The lowest BCUT2D eigenvalue weighted by Crippen LogP contribution is -1.73. The molecule has 1 aromatic heterocycles. The number of aromatic nitrogens is 2. The van der Waals surface area contributed by atoms with E-state index in [4.69, 9.17) is 0 Å². The number of nitrogens with zero attached hydrogens (tertiary/aromatic N) is 1. The van der Waals surface area contributed by atoms with E-state index in [-0.39, 0.29) is 0 Å². The van der Waals surface area contributed by atoms with Gasteiger partial charge in [0.1, 0.15) is 0 Å². The summed E-state index contributed by atoms with van der Waals surface area (Å²) >= 11 is 1.85. The SMILES string of the molecule is CCSc1ccc2nc[nH]c2c1. The molecule has 2 aromatic rings. The zero-order valence-corrected chi connectivity index (χ0v) is 7.69. The molecule has 0 aliphatic carbocycles. The van der Waals surface area contributed by atoms with Crippen LogP contribution in [0.4, 0.5) is 0 Å². The number of H-pyrrole nitrogens is 1. The fraction of sp³-hybridized carbons (Fsp3) is 0.222. The van der Waals surface area contributed by atoms with E-state index < -0.39 is 0 Å². The quantitative estimate of drug-likeness (QED) is 0.716. The first-order chi connectivity index (χ1) is 5.90. The number of rotatable bonds is 2. The molecule has 0 atom stereocenters. The van der Waals surface area contributed by atoms with Crippen molar-refractivity contribution >= 4 is 22.8 Å². The summed E-state index contributed by atoms with van der Waals surface area (Å²) in [5.74, 6) is 1.11. The molecule has 1 N–H and O–H groups in total. The molecule has 0 radical (unpaired) electrons. The van der Waals surface area contributed by atoms with Crippen molar-refractivity contribution in [1.82, 2.24) is 9.97 Å². The average molecular weight is 178 g/mol. The van der Waals surface area contributed by atoms with Gasteiger partial charge in [0.2, 0.25) is 0 Å². The Hall–Kier alpha value is -0.960. The minimum absolute atomic E-state index is 1.04. The van der Waals surface area contributed by atoms with Gasteiger partial charge in [-0.25, -0.2) is 4.98 Å². The van der Waals surface area contributed by atoms with Gasteiger partial charge in [0, 0.05) is 4.90 Å². The lowest BCUT2D eigenvalue weighted by atomic mass is 10.3. The van der Waals surface area contributed by atoms with E-state index in [2.05, 4.69) is 29.0 Å². The smallest absolute Gasteiger partial charge is 0.0931 e. The summed E-state index contributed by atoms with van der Waals surface area (Å²) in [7, 11) is 0. The third-order valence-corrected chi connectivity index (χ3v) is 2.58. The highest BCUT2D eigenvalue weighted by Gasteiger charge is 1.96. The van der Waals surface area contributed by atoms with Crippen LogP contribution in [0.3, 0.4) is 0 Å². The molecule has 1 aromatic carbocycles. The molecule has 0 saturated heterocycles. The van der Waals surface area contributed by atoms with Crippen molar-refractivity contribution in [1.29, 1.82) is 0 Å². The average Bonchev–Trinajstić information content (AvgIpc) is 2.51. The highest BCUT2D eigenvalue weighted by Crippen LogP contribution is 2.20. The second-order valence-electron chi connectivity index (χ2n) is 2.51. The fourth-order valence-electron chi connectivity index (χ4n) is 1.17. The van der Waals surface area contributed by atoms with Crippen molar-refractivity contribution < 1.29 is 0 Å². The van der Waals surface area contributed by atoms with Gasteiger partial charge in [-0.3, -0.25) is 0 Å². The van der Waals surface area contributed by atoms with Crippen molar-refractivity contribution in [2.24, 2.45) is 0 Å². The van der Waals surface area contributed by atoms with E-state index in [1.807, 2.05) is 17.8 Å². The summed E-state index contributed by atoms with van der Waals surface area (Å²) in [6, 6.07) is 6.29. The van der Waals surface area contributed by atoms with Gasteiger partial charge in [0.25, 0.3) is 0 Å². The predicted molar refractivity (Wildman–Crippen MR) is 52.5 cm³/mol. The Kier molecular flexibility index (Phi) is 2.04. The summed E-state index contributed by atoms with van der Waals surface area (Å²) in [4.78, 5) is 8.55. The van der Waals surface area contributed by atoms with Gasteiger partial charge in [-0.05, 0) is 24.0 Å². The topological polar surface area (TPSA) is 28.7 Å². The molecule has 0 bridgehead atoms. The maximum absolute atomic E-state index is 4.16. The van der Waals surface area contributed by atoms with E-state index in [9.17, 15) is 0 Å². The van der Waals surface area contributed by atoms with E-state index in [0.717, 1.165) is 16.8 Å². The molecular formula is C9H10N2S. The molecule has 0 spiro atoms. The summed E-state index contributed by atoms with van der Waals surface area (Å²) in [6.45, 7) is 2.15. The number of imidazole rings is 1. The molecule has 0 aliphatic heterocycles. The Morgan fingerprint density at radius 3 is 3.25 bits per heavy atom. The Morgan fingerprint density at radius 1 is 1.50 bits per heavy atom. The Balaban J connectivity index is 2.46. The highest BCUT2D eigenvalue weighted by atomic mass is 32.2. The maximum Gasteiger partial charge on any atom is 0.0931 e. The monoisotopic (exact) mass is 178 g/mol. The molecule has 0 saturated carbocycles. The number of benzene rings is 1. The third kappa shape index (κ3) is 1.32. The molecule has 0 aliphatic rings. The van der Waals surface area contributed by atoms with Crippen LogP contribution >= 0.6 is 11.8 Å². The van der Waals surface area contributed by atoms with Crippen LogP contribution < -0.4 is 0 Å². The van der Waals surface area contributed by atoms with Crippen molar-refractivity contribution in [2.75, 3.05) is 5.75 Å². The number of aromatic amines is 1. The van der Waals surface area contributed by atoms with Crippen molar-refractivity contribution in [2.45, 2.75) is 11.8 Å². The van der Waals surface area contributed by atoms with Crippen LogP contribution in [0.2, 0.25) is 0 Å². The lowest BCUT2D eigenvalue weighted by molar-refractivity contribution is 1.34. The van der Waals surface area contributed by atoms with Crippen LogP contribution in [0.1, 0.15) is 6.92 Å². The van der Waals surface area contributed by atoms with Crippen molar-refractivity contribution in [3.05, 3.63) is 24.5 Å². The van der Waals surface area contributed by atoms with E-state index in [0.29, 0.717) is 0 Å². The zero-order valence-electron chi connectivity index (χ0n) is 6.87. The molecule has 1 heterocycles. The molecule has 12 heavy (non-hydrogen) atoms. The van der Waals surface area contributed by atoms with Gasteiger partial charge < -0.3 is 4.98 Å². The second kappa shape index (κ2) is 3.19. The van der Waals surface area contributed by atoms with Crippen LogP contribution in [0.5, 0.6) is 0 Å². The van der Waals surface area contributed by atoms with Crippen LogP contribution in [-0.4, -0.2) is 15.7 Å². The van der Waals surface area contributed by atoms with E-state index in [1.165, 1.54) is 4.90 Å². The number of hydrogen-bond acceptors (Lipinski definition) is 2. The largest absolute Gasteiger partial charge is 0.345 e. The number of nitrogens with one attached hydrogen (secondary N) is 1. The highest BCUT2D eigenvalue weighted by molar-refractivity contribution is 7.99. The minimum Gasteiger partial charge on any atom is -0.345 e. The van der Waals surface area contributed by atoms with E-state index >= 15 is 0 Å². The molecule has 0 unspecified atom stereocenters. The molecule has 2 rings (SSSR count).